The molecule has 5 rings (SSSR count). The lowest BCUT2D eigenvalue weighted by atomic mass is 10.0. The zero-order chi connectivity index (χ0) is 28.0. The van der Waals surface area contributed by atoms with Gasteiger partial charge in [-0.1, -0.05) is 71.6 Å². The molecule has 0 aromatic heterocycles. The van der Waals surface area contributed by atoms with Gasteiger partial charge in [0.15, 0.2) is 0 Å². The average Bonchev–Trinajstić information content (AvgIpc) is 3.35. The second kappa shape index (κ2) is 13.1. The van der Waals surface area contributed by atoms with E-state index in [2.05, 4.69) is 10.5 Å². The molecular formula is C27H27Cl3N4O4S. The molecule has 0 saturated carbocycles. The highest BCUT2D eigenvalue weighted by Crippen LogP contribution is 2.39. The number of hydrogen-bond donors (Lipinski definition) is 2. The van der Waals surface area contributed by atoms with Crippen molar-refractivity contribution in [1.29, 1.82) is 0 Å². The molecule has 0 aliphatic carbocycles. The van der Waals surface area contributed by atoms with Crippen molar-refractivity contribution in [1.82, 2.24) is 10.4 Å². The second-order valence-electron chi connectivity index (χ2n) is 9.04. The third kappa shape index (κ3) is 7.94. The first-order valence-electron chi connectivity index (χ1n) is 12.3. The first kappa shape index (κ1) is 29.3. The van der Waals surface area contributed by atoms with E-state index in [0.29, 0.717) is 32.9 Å². The lowest BCUT2D eigenvalue weighted by Crippen LogP contribution is -2.47. The summed E-state index contributed by atoms with van der Waals surface area (Å²) in [6.07, 6.45) is 3.86. The molecule has 2 aliphatic rings. The Hall–Kier alpha value is -2.66. The van der Waals surface area contributed by atoms with Crippen molar-refractivity contribution in [3.05, 3.63) is 93.4 Å². The monoisotopic (exact) mass is 608 g/mol. The highest BCUT2D eigenvalue weighted by Gasteiger charge is 2.34. The molecular weight excluding hydrogens is 583 g/mol. The van der Waals surface area contributed by atoms with Gasteiger partial charge in [-0.05, 0) is 60.9 Å². The fraction of sp³-hybridized carbons (Fsp3) is 0.259. The number of carbonyl (C=O) groups excluding carboxylic acids is 1. The van der Waals surface area contributed by atoms with Crippen molar-refractivity contribution in [3.8, 4) is 0 Å². The van der Waals surface area contributed by atoms with Gasteiger partial charge in [-0.25, -0.2) is 5.01 Å². The van der Waals surface area contributed by atoms with Crippen molar-refractivity contribution in [2.24, 2.45) is 5.10 Å². The SMILES string of the molecule is O=C(NN1CCCCC1)C1=NN(c2ccc(Cl)cc2Cl)[C@@H](c2ccc(Cl)cc2)C1.O=S(=O)(O)c1ccccc1. The zero-order valence-corrected chi connectivity index (χ0v) is 23.9. The van der Waals surface area contributed by atoms with E-state index >= 15 is 0 Å². The average molecular weight is 610 g/mol. The summed E-state index contributed by atoms with van der Waals surface area (Å²) in [4.78, 5) is 12.8. The summed E-state index contributed by atoms with van der Waals surface area (Å²) >= 11 is 18.6. The number of anilines is 1. The minimum Gasteiger partial charge on any atom is -0.284 e. The van der Waals surface area contributed by atoms with Gasteiger partial charge in [0.25, 0.3) is 16.0 Å². The molecule has 206 valence electrons. The normalized spacial score (nSPS) is 17.7. The Morgan fingerprint density at radius 3 is 2.13 bits per heavy atom. The van der Waals surface area contributed by atoms with Gasteiger partial charge in [0, 0.05) is 29.6 Å². The molecule has 0 bridgehead atoms. The van der Waals surface area contributed by atoms with E-state index in [-0.39, 0.29) is 16.8 Å². The number of piperidine rings is 1. The molecule has 1 amide bonds. The Bertz CT molecular complexity index is 1430. The van der Waals surface area contributed by atoms with Gasteiger partial charge in [0.1, 0.15) is 5.71 Å². The standard InChI is InChI=1S/C21H21Cl3N4O.C6H6O3S/c22-15-6-4-14(5-7-15)20-13-18(21(29)26-27-10-2-1-3-11-27)25-28(20)19-9-8-16(23)12-17(19)24;7-10(8,9)6-4-2-1-3-5-6/h4-9,12,20H,1-3,10-11,13H2,(H,26,29);1-5H,(H,7,8,9)/t20-;/m1./s1. The van der Waals surface area contributed by atoms with Crippen LogP contribution in [0, 0.1) is 0 Å². The van der Waals surface area contributed by atoms with Crippen LogP contribution in [-0.4, -0.2) is 42.7 Å². The third-order valence-corrected chi connectivity index (χ3v) is 7.90. The number of hydrogen-bond acceptors (Lipinski definition) is 6. The molecule has 0 unspecified atom stereocenters. The van der Waals surface area contributed by atoms with Gasteiger partial charge < -0.3 is 0 Å². The summed E-state index contributed by atoms with van der Waals surface area (Å²) in [6.45, 7) is 1.73. The van der Waals surface area contributed by atoms with Gasteiger partial charge in [-0.15, -0.1) is 0 Å². The summed E-state index contributed by atoms with van der Waals surface area (Å²) < 4.78 is 29.2. The Balaban J connectivity index is 0.000000298. The molecule has 1 saturated heterocycles. The lowest BCUT2D eigenvalue weighted by Gasteiger charge is -2.26. The van der Waals surface area contributed by atoms with Gasteiger partial charge in [-0.3, -0.25) is 19.8 Å². The van der Waals surface area contributed by atoms with Crippen LogP contribution in [0.5, 0.6) is 0 Å². The highest BCUT2D eigenvalue weighted by atomic mass is 35.5. The van der Waals surface area contributed by atoms with Crippen LogP contribution in [0.1, 0.15) is 37.3 Å². The Labute approximate surface area is 242 Å². The maximum Gasteiger partial charge on any atom is 0.294 e. The van der Waals surface area contributed by atoms with Gasteiger partial charge in [0.05, 0.1) is 21.6 Å². The minimum absolute atomic E-state index is 0.0741. The fourth-order valence-corrected chi connectivity index (χ4v) is 5.41. The van der Waals surface area contributed by atoms with E-state index in [1.54, 1.807) is 35.3 Å². The number of halogens is 3. The predicted molar refractivity (Wildman–Crippen MR) is 155 cm³/mol. The van der Waals surface area contributed by atoms with Gasteiger partial charge in [0.2, 0.25) is 0 Å². The van der Waals surface area contributed by atoms with Crippen molar-refractivity contribution in [3.63, 3.8) is 0 Å². The summed E-state index contributed by atoms with van der Waals surface area (Å²) in [5.74, 6) is -0.168. The smallest absolute Gasteiger partial charge is 0.284 e. The highest BCUT2D eigenvalue weighted by molar-refractivity contribution is 7.85. The Morgan fingerprint density at radius 1 is 0.897 bits per heavy atom. The topological polar surface area (TPSA) is 102 Å². The number of hydrazone groups is 1. The number of nitrogens with zero attached hydrogens (tertiary/aromatic N) is 3. The molecule has 2 aliphatic heterocycles. The molecule has 1 atom stereocenters. The Morgan fingerprint density at radius 2 is 1.54 bits per heavy atom. The van der Waals surface area contributed by atoms with Crippen LogP contribution in [0.25, 0.3) is 0 Å². The largest absolute Gasteiger partial charge is 0.294 e. The number of hydrazine groups is 1. The maximum absolute atomic E-state index is 12.9. The molecule has 39 heavy (non-hydrogen) atoms. The van der Waals surface area contributed by atoms with E-state index in [4.69, 9.17) is 39.4 Å². The van der Waals surface area contributed by atoms with E-state index in [1.165, 1.54) is 18.6 Å². The molecule has 3 aromatic rings. The van der Waals surface area contributed by atoms with E-state index in [9.17, 15) is 13.2 Å². The van der Waals surface area contributed by atoms with Crippen molar-refractivity contribution in [2.45, 2.75) is 36.6 Å². The van der Waals surface area contributed by atoms with Crippen LogP contribution in [0.15, 0.2) is 82.8 Å². The first-order chi connectivity index (χ1) is 18.6. The third-order valence-electron chi connectivity index (χ3n) is 6.24. The maximum atomic E-state index is 12.9. The van der Waals surface area contributed by atoms with Crippen LogP contribution >= 0.6 is 34.8 Å². The Kier molecular flexibility index (Phi) is 9.87. The van der Waals surface area contributed by atoms with Gasteiger partial charge >= 0.3 is 0 Å². The molecule has 3 aromatic carbocycles. The van der Waals surface area contributed by atoms with Crippen molar-refractivity contribution in [2.75, 3.05) is 18.1 Å². The van der Waals surface area contributed by atoms with Crippen molar-refractivity contribution < 1.29 is 17.8 Å². The molecule has 0 radical (unpaired) electrons. The molecule has 2 heterocycles. The number of carbonyl (C=O) groups is 1. The number of benzene rings is 3. The van der Waals surface area contributed by atoms with Crippen LogP contribution in [-0.2, 0) is 14.9 Å². The van der Waals surface area contributed by atoms with Crippen LogP contribution in [0.2, 0.25) is 15.1 Å². The quantitative estimate of drug-likeness (QED) is 0.325. The van der Waals surface area contributed by atoms with E-state index in [1.807, 2.05) is 35.3 Å². The van der Waals surface area contributed by atoms with Crippen molar-refractivity contribution >= 4 is 62.2 Å². The summed E-state index contributed by atoms with van der Waals surface area (Å²) in [6, 6.07) is 20.1. The molecule has 1 fully saturated rings. The summed E-state index contributed by atoms with van der Waals surface area (Å²) in [5.41, 5.74) is 5.18. The number of nitrogens with one attached hydrogen (secondary N) is 1. The summed E-state index contributed by atoms with van der Waals surface area (Å²) in [5, 5.41) is 10.1. The predicted octanol–water partition coefficient (Wildman–Crippen LogP) is 6.40. The molecule has 2 N–H and O–H groups in total. The number of amides is 1. The van der Waals surface area contributed by atoms with Crippen LogP contribution < -0.4 is 10.4 Å². The molecule has 12 heteroatoms. The minimum atomic E-state index is -4.00. The van der Waals surface area contributed by atoms with Crippen LogP contribution in [0.4, 0.5) is 5.69 Å². The summed E-state index contributed by atoms with van der Waals surface area (Å²) in [7, 11) is -4.00. The number of rotatable bonds is 5. The second-order valence-corrected chi connectivity index (χ2v) is 11.7. The van der Waals surface area contributed by atoms with Crippen LogP contribution in [0.3, 0.4) is 0 Å². The lowest BCUT2D eigenvalue weighted by molar-refractivity contribution is -0.119. The molecule has 8 nitrogen and oxygen atoms in total. The van der Waals surface area contributed by atoms with Gasteiger partial charge in [-0.2, -0.15) is 13.5 Å². The van der Waals surface area contributed by atoms with E-state index in [0.717, 1.165) is 31.5 Å². The van der Waals surface area contributed by atoms with E-state index < -0.39 is 10.1 Å². The molecule has 0 spiro atoms. The zero-order valence-electron chi connectivity index (χ0n) is 20.8. The first-order valence-corrected chi connectivity index (χ1v) is 14.8. The fourth-order valence-electron chi connectivity index (χ4n) is 4.29.